The molecule has 0 saturated carbocycles. The normalized spacial score (nSPS) is 16.4. The average molecular weight is 411 g/mol. The lowest BCUT2D eigenvalue weighted by molar-refractivity contribution is -0.148. The van der Waals surface area contributed by atoms with Crippen LogP contribution in [0.4, 0.5) is 10.1 Å². The smallest absolute Gasteiger partial charge is 0.326 e. The van der Waals surface area contributed by atoms with E-state index in [-0.39, 0.29) is 37.0 Å². The summed E-state index contributed by atoms with van der Waals surface area (Å²) in [7, 11) is 0. The molecule has 0 bridgehead atoms. The molecule has 1 N–H and O–H groups in total. The van der Waals surface area contributed by atoms with E-state index in [0.29, 0.717) is 24.2 Å². The lowest BCUT2D eigenvalue weighted by Gasteiger charge is -2.17. The van der Waals surface area contributed by atoms with Gasteiger partial charge in [0.25, 0.3) is 0 Å². The highest BCUT2D eigenvalue weighted by Crippen LogP contribution is 2.27. The molecule has 1 amide bonds. The van der Waals surface area contributed by atoms with E-state index in [1.54, 1.807) is 23.6 Å². The quantitative estimate of drug-likeness (QED) is 0.499. The molecule has 1 atom stereocenters. The molecule has 0 aliphatic carbocycles. The summed E-state index contributed by atoms with van der Waals surface area (Å²) < 4.78 is 20.7. The number of hydrogen-bond acceptors (Lipinski definition) is 4. The third kappa shape index (κ3) is 3.85. The number of nitrogens with zero attached hydrogens (tertiary/aromatic N) is 2. The predicted octanol–water partition coefficient (Wildman–Crippen LogP) is 2.76. The second kappa shape index (κ2) is 8.14. The van der Waals surface area contributed by atoms with Gasteiger partial charge in [-0.2, -0.15) is 0 Å². The first-order valence-corrected chi connectivity index (χ1v) is 9.85. The molecule has 1 fully saturated rings. The number of imidazole rings is 1. The Bertz CT molecular complexity index is 1170. The van der Waals surface area contributed by atoms with E-state index in [1.165, 1.54) is 11.0 Å². The number of benzene rings is 2. The van der Waals surface area contributed by atoms with E-state index in [2.05, 4.69) is 4.98 Å². The number of halogens is 1. The number of nitrogens with one attached hydrogen (secondary N) is 1. The SMILES string of the molecule is Cc1ccc(N2C[C@@H](C(=O)OCCCn3c(=O)[nH]c4ccccc43)CC2=O)cc1F. The van der Waals surface area contributed by atoms with Crippen molar-refractivity contribution in [1.82, 2.24) is 9.55 Å². The van der Waals surface area contributed by atoms with Crippen molar-refractivity contribution in [2.24, 2.45) is 5.92 Å². The largest absolute Gasteiger partial charge is 0.465 e. The summed E-state index contributed by atoms with van der Waals surface area (Å²) in [6.45, 7) is 2.38. The van der Waals surface area contributed by atoms with E-state index in [4.69, 9.17) is 4.74 Å². The Morgan fingerprint density at radius 2 is 2.03 bits per heavy atom. The standard InChI is InChI=1S/C22H22FN3O4/c1-14-7-8-16(12-17(14)23)26-13-15(11-20(26)27)21(28)30-10-4-9-25-19-6-3-2-5-18(19)24-22(25)29/h2-3,5-8,12,15H,4,9-11,13H2,1H3,(H,24,29)/t15-/m0/s1. The van der Waals surface area contributed by atoms with Crippen LogP contribution in [0.5, 0.6) is 0 Å². The number of aromatic amines is 1. The van der Waals surface area contributed by atoms with Crippen LogP contribution < -0.4 is 10.6 Å². The van der Waals surface area contributed by atoms with Gasteiger partial charge in [0.2, 0.25) is 5.91 Å². The molecule has 1 saturated heterocycles. The van der Waals surface area contributed by atoms with Crippen LogP contribution in [-0.4, -0.2) is 34.6 Å². The zero-order chi connectivity index (χ0) is 21.3. The number of amides is 1. The molecule has 7 nitrogen and oxygen atoms in total. The number of para-hydroxylation sites is 2. The number of carbonyl (C=O) groups is 2. The molecule has 0 spiro atoms. The average Bonchev–Trinajstić information content (AvgIpc) is 3.27. The zero-order valence-corrected chi connectivity index (χ0v) is 16.6. The summed E-state index contributed by atoms with van der Waals surface area (Å²) in [5.74, 6) is -1.66. The van der Waals surface area contributed by atoms with Crippen LogP contribution in [0.1, 0.15) is 18.4 Å². The number of carbonyl (C=O) groups excluding carboxylic acids is 2. The van der Waals surface area contributed by atoms with E-state index < -0.39 is 11.9 Å². The lowest BCUT2D eigenvalue weighted by atomic mass is 10.1. The Hall–Kier alpha value is -3.42. The summed E-state index contributed by atoms with van der Waals surface area (Å²) in [6.07, 6.45) is 0.511. The van der Waals surface area contributed by atoms with Gasteiger partial charge in [-0.15, -0.1) is 0 Å². The van der Waals surface area contributed by atoms with Gasteiger partial charge in [0, 0.05) is 25.2 Å². The highest BCUT2D eigenvalue weighted by atomic mass is 19.1. The van der Waals surface area contributed by atoms with Gasteiger partial charge in [-0.3, -0.25) is 14.2 Å². The van der Waals surface area contributed by atoms with E-state index >= 15 is 0 Å². The molecule has 2 aromatic carbocycles. The van der Waals surface area contributed by atoms with Crippen molar-refractivity contribution >= 4 is 28.6 Å². The predicted molar refractivity (Wildman–Crippen MR) is 110 cm³/mol. The van der Waals surface area contributed by atoms with Crippen LogP contribution in [0.3, 0.4) is 0 Å². The summed E-state index contributed by atoms with van der Waals surface area (Å²) in [5, 5.41) is 0. The van der Waals surface area contributed by atoms with Gasteiger partial charge in [-0.1, -0.05) is 18.2 Å². The number of ether oxygens (including phenoxy) is 1. The minimum atomic E-state index is -0.585. The van der Waals surface area contributed by atoms with E-state index in [1.807, 2.05) is 24.3 Å². The molecule has 1 aromatic heterocycles. The van der Waals surface area contributed by atoms with Crippen molar-refractivity contribution in [1.29, 1.82) is 0 Å². The second-order valence-corrected chi connectivity index (χ2v) is 7.46. The Kier molecular flexibility index (Phi) is 5.39. The highest BCUT2D eigenvalue weighted by molar-refractivity contribution is 5.99. The van der Waals surface area contributed by atoms with Gasteiger partial charge >= 0.3 is 11.7 Å². The molecule has 0 unspecified atom stereocenters. The Morgan fingerprint density at radius 1 is 1.23 bits per heavy atom. The molecule has 156 valence electrons. The maximum atomic E-state index is 13.8. The van der Waals surface area contributed by atoms with Crippen LogP contribution >= 0.6 is 0 Å². The molecule has 8 heteroatoms. The van der Waals surface area contributed by atoms with Crippen LogP contribution in [0, 0.1) is 18.7 Å². The number of aryl methyl sites for hydroxylation is 2. The summed E-state index contributed by atoms with van der Waals surface area (Å²) in [4.78, 5) is 40.9. The number of fused-ring (bicyclic) bond motifs is 1. The van der Waals surface area contributed by atoms with Gasteiger partial charge < -0.3 is 14.6 Å². The summed E-state index contributed by atoms with van der Waals surface area (Å²) in [6, 6.07) is 12.0. The van der Waals surface area contributed by atoms with Gasteiger partial charge in [-0.05, 0) is 43.2 Å². The number of H-pyrrole nitrogens is 1. The Balaban J connectivity index is 1.31. The topological polar surface area (TPSA) is 84.4 Å². The Morgan fingerprint density at radius 3 is 2.83 bits per heavy atom. The third-order valence-electron chi connectivity index (χ3n) is 5.38. The number of esters is 1. The molecule has 30 heavy (non-hydrogen) atoms. The minimum Gasteiger partial charge on any atom is -0.465 e. The van der Waals surface area contributed by atoms with Crippen molar-refractivity contribution in [3.63, 3.8) is 0 Å². The number of rotatable bonds is 6. The summed E-state index contributed by atoms with van der Waals surface area (Å²) >= 11 is 0. The van der Waals surface area contributed by atoms with Gasteiger partial charge in [-0.25, -0.2) is 9.18 Å². The van der Waals surface area contributed by atoms with E-state index in [0.717, 1.165) is 11.0 Å². The molecule has 0 radical (unpaired) electrons. The first-order valence-electron chi connectivity index (χ1n) is 9.85. The maximum Gasteiger partial charge on any atom is 0.326 e. The van der Waals surface area contributed by atoms with Gasteiger partial charge in [0.1, 0.15) is 5.82 Å². The maximum absolute atomic E-state index is 13.8. The highest BCUT2D eigenvalue weighted by Gasteiger charge is 2.36. The van der Waals surface area contributed by atoms with Crippen molar-refractivity contribution in [2.45, 2.75) is 26.3 Å². The van der Waals surface area contributed by atoms with Crippen LogP contribution in [0.15, 0.2) is 47.3 Å². The Labute approximate surface area is 172 Å². The van der Waals surface area contributed by atoms with Gasteiger partial charge in [0.05, 0.1) is 23.6 Å². The first-order chi connectivity index (χ1) is 14.4. The van der Waals surface area contributed by atoms with Crippen molar-refractivity contribution in [2.75, 3.05) is 18.1 Å². The molecule has 1 aliphatic heterocycles. The summed E-state index contributed by atoms with van der Waals surface area (Å²) in [5.41, 5.74) is 2.30. The molecule has 4 rings (SSSR count). The second-order valence-electron chi connectivity index (χ2n) is 7.46. The fraction of sp³-hybridized carbons (Fsp3) is 0.318. The van der Waals surface area contributed by atoms with E-state index in [9.17, 15) is 18.8 Å². The fourth-order valence-corrected chi connectivity index (χ4v) is 3.71. The lowest BCUT2D eigenvalue weighted by Crippen LogP contribution is -2.26. The molecule has 2 heterocycles. The molecular weight excluding hydrogens is 389 g/mol. The first kappa shape index (κ1) is 19.9. The van der Waals surface area contributed by atoms with Gasteiger partial charge in [0.15, 0.2) is 0 Å². The van der Waals surface area contributed by atoms with Crippen LogP contribution in [-0.2, 0) is 20.9 Å². The number of hydrogen-bond donors (Lipinski definition) is 1. The van der Waals surface area contributed by atoms with Crippen molar-refractivity contribution in [3.8, 4) is 0 Å². The van der Waals surface area contributed by atoms with Crippen molar-refractivity contribution < 1.29 is 18.7 Å². The van der Waals surface area contributed by atoms with Crippen molar-refractivity contribution in [3.05, 3.63) is 64.3 Å². The minimum absolute atomic E-state index is 0.0379. The number of anilines is 1. The zero-order valence-electron chi connectivity index (χ0n) is 16.6. The number of aromatic nitrogens is 2. The van der Waals surface area contributed by atoms with Crippen LogP contribution in [0.25, 0.3) is 11.0 Å². The molecule has 1 aliphatic rings. The fourth-order valence-electron chi connectivity index (χ4n) is 3.71. The van der Waals surface area contributed by atoms with Crippen LogP contribution in [0.2, 0.25) is 0 Å². The molecule has 3 aromatic rings. The molecular formula is C22H22FN3O4. The monoisotopic (exact) mass is 411 g/mol. The third-order valence-corrected chi connectivity index (χ3v) is 5.38.